The summed E-state index contributed by atoms with van der Waals surface area (Å²) in [5.74, 6) is -3.27. The molecule has 32 heavy (non-hydrogen) atoms. The molecular weight excluding hydrogens is 512 g/mol. The van der Waals surface area contributed by atoms with E-state index in [1.165, 1.54) is 33.8 Å². The van der Waals surface area contributed by atoms with Crippen LogP contribution in [0.2, 0.25) is 0 Å². The van der Waals surface area contributed by atoms with Crippen LogP contribution in [0.25, 0.3) is 5.65 Å². The number of benzene rings is 1. The van der Waals surface area contributed by atoms with Gasteiger partial charge in [0.1, 0.15) is 0 Å². The molecular formula is C19H18AsF3N4O4S. The van der Waals surface area contributed by atoms with Crippen LogP contribution in [0.5, 0.6) is 0 Å². The van der Waals surface area contributed by atoms with Crippen LogP contribution < -0.4 is 9.38 Å². The van der Waals surface area contributed by atoms with E-state index in [0.29, 0.717) is 15.7 Å². The molecule has 1 unspecified atom stereocenters. The second-order valence-electron chi connectivity index (χ2n) is 7.38. The molecule has 0 amide bonds. The van der Waals surface area contributed by atoms with Crippen molar-refractivity contribution in [1.29, 1.82) is 0 Å². The molecule has 2 atom stereocenters. The van der Waals surface area contributed by atoms with E-state index in [4.69, 9.17) is 0 Å². The molecule has 8 nitrogen and oxygen atoms in total. The first-order valence-electron chi connectivity index (χ1n) is 9.40. The zero-order chi connectivity index (χ0) is 23.1. The Morgan fingerprint density at radius 3 is 2.81 bits per heavy atom. The Bertz CT molecular complexity index is 1280. The van der Waals surface area contributed by atoms with Crippen LogP contribution in [-0.2, 0) is 19.1 Å². The topological polar surface area (TPSA) is 93.9 Å². The molecule has 1 aliphatic heterocycles. The zero-order valence-corrected chi connectivity index (χ0v) is 19.6. The maximum atomic E-state index is 14.3. The summed E-state index contributed by atoms with van der Waals surface area (Å²) in [5.41, 5.74) is 0.828. The Kier molecular flexibility index (Phi) is 6.04. The van der Waals surface area contributed by atoms with Gasteiger partial charge in [-0.2, -0.15) is 0 Å². The molecule has 0 aliphatic carbocycles. The van der Waals surface area contributed by atoms with Gasteiger partial charge in [-0.3, -0.25) is 0 Å². The van der Waals surface area contributed by atoms with Crippen molar-refractivity contribution < 1.29 is 30.6 Å². The number of hydrogen-bond acceptors (Lipinski definition) is 7. The van der Waals surface area contributed by atoms with Crippen LogP contribution >= 0.6 is 0 Å². The first-order chi connectivity index (χ1) is 15.0. The van der Waals surface area contributed by atoms with Crippen molar-refractivity contribution in [3.05, 3.63) is 54.0 Å². The fourth-order valence-electron chi connectivity index (χ4n) is 3.51. The summed E-state index contributed by atoms with van der Waals surface area (Å²) >= 11 is -1.53. The minimum atomic E-state index is -3.75. The fourth-order valence-corrected chi connectivity index (χ4v) is 5.79. The first kappa shape index (κ1) is 22.8. The summed E-state index contributed by atoms with van der Waals surface area (Å²) in [4.78, 5) is 17.7. The molecule has 1 aliphatic rings. The van der Waals surface area contributed by atoms with E-state index in [-0.39, 0.29) is 5.82 Å². The molecule has 0 radical (unpaired) electrons. The van der Waals surface area contributed by atoms with E-state index < -0.39 is 67.8 Å². The number of carbonyl (C=O) groups is 1. The Morgan fingerprint density at radius 2 is 2.09 bits per heavy atom. The van der Waals surface area contributed by atoms with Crippen molar-refractivity contribution in [2.75, 3.05) is 24.3 Å². The summed E-state index contributed by atoms with van der Waals surface area (Å²) in [6, 6.07) is 7.90. The van der Waals surface area contributed by atoms with Gasteiger partial charge < -0.3 is 0 Å². The Labute approximate surface area is 188 Å². The zero-order valence-electron chi connectivity index (χ0n) is 16.7. The number of nitrogens with zero attached hydrogens (tertiary/aromatic N) is 4. The number of halogens is 3. The number of aromatic nitrogens is 3. The van der Waals surface area contributed by atoms with E-state index in [0.717, 1.165) is 6.26 Å². The minimum absolute atomic E-state index is 0.231. The maximum absolute atomic E-state index is 14.3. The van der Waals surface area contributed by atoms with Crippen LogP contribution in [0, 0.1) is 5.82 Å². The van der Waals surface area contributed by atoms with E-state index in [9.17, 15) is 26.4 Å². The standard InChI is InChI=1S/C19H18AsF3N4O4S/c1-32(29,30)31-10-16(28)20-15-9-24-17-5-6-18(25-27(15)17)26-11-19(22,23)8-14(26)12-3-2-4-13(21)7-12/h2-7,9,14,20H,8,10-11H2,1H3/t14-/m1/s1. The predicted molar refractivity (Wildman–Crippen MR) is 112 cm³/mol. The van der Waals surface area contributed by atoms with Gasteiger partial charge >= 0.3 is 188 Å². The monoisotopic (exact) mass is 530 g/mol. The second kappa shape index (κ2) is 8.49. The van der Waals surface area contributed by atoms with Gasteiger partial charge in [0.25, 0.3) is 0 Å². The van der Waals surface area contributed by atoms with Gasteiger partial charge in [-0.15, -0.1) is 0 Å². The van der Waals surface area contributed by atoms with Gasteiger partial charge in [0.05, 0.1) is 0 Å². The molecule has 2 aromatic heterocycles. The van der Waals surface area contributed by atoms with Gasteiger partial charge in [-0.05, 0) is 0 Å². The molecule has 3 heterocycles. The number of anilines is 1. The molecule has 0 N–H and O–H groups in total. The quantitative estimate of drug-likeness (QED) is 0.333. The molecule has 3 aromatic rings. The van der Waals surface area contributed by atoms with Gasteiger partial charge in [0.2, 0.25) is 0 Å². The van der Waals surface area contributed by atoms with E-state index in [1.807, 2.05) is 0 Å². The molecule has 0 spiro atoms. The third kappa shape index (κ3) is 5.13. The Balaban J connectivity index is 1.64. The Hall–Kier alpha value is -2.43. The third-order valence-electron chi connectivity index (χ3n) is 4.82. The molecule has 1 fully saturated rings. The van der Waals surface area contributed by atoms with Crippen molar-refractivity contribution in [2.45, 2.75) is 18.4 Å². The van der Waals surface area contributed by atoms with Gasteiger partial charge in [-0.1, -0.05) is 0 Å². The molecule has 170 valence electrons. The normalized spacial score (nSPS) is 18.8. The predicted octanol–water partition coefficient (Wildman–Crippen LogP) is 1.02. The van der Waals surface area contributed by atoms with Crippen molar-refractivity contribution in [1.82, 2.24) is 14.6 Å². The number of carbonyl (C=O) groups excluding carboxylic acids is 1. The van der Waals surface area contributed by atoms with Gasteiger partial charge in [0.15, 0.2) is 0 Å². The van der Waals surface area contributed by atoms with Crippen molar-refractivity contribution >= 4 is 46.4 Å². The Morgan fingerprint density at radius 1 is 1.31 bits per heavy atom. The summed E-state index contributed by atoms with van der Waals surface area (Å²) < 4.78 is 70.5. The summed E-state index contributed by atoms with van der Waals surface area (Å²) in [5, 5.41) is 4.42. The number of imidazole rings is 1. The summed E-state index contributed by atoms with van der Waals surface area (Å²) in [6.07, 6.45) is 1.82. The molecule has 4 rings (SSSR count). The fraction of sp³-hybridized carbons (Fsp3) is 0.316. The molecule has 1 aromatic carbocycles. The molecule has 13 heteroatoms. The van der Waals surface area contributed by atoms with Crippen LogP contribution in [0.3, 0.4) is 0 Å². The van der Waals surface area contributed by atoms with Crippen LogP contribution in [0.4, 0.5) is 19.0 Å². The number of rotatable bonds is 7. The van der Waals surface area contributed by atoms with Crippen LogP contribution in [0.1, 0.15) is 18.0 Å². The number of fused-ring (bicyclic) bond motifs is 1. The van der Waals surface area contributed by atoms with Crippen molar-refractivity contribution in [2.24, 2.45) is 0 Å². The molecule has 0 bridgehead atoms. The van der Waals surface area contributed by atoms with Crippen LogP contribution in [0.15, 0.2) is 42.6 Å². The average molecular weight is 530 g/mol. The van der Waals surface area contributed by atoms with Crippen molar-refractivity contribution in [3.63, 3.8) is 0 Å². The van der Waals surface area contributed by atoms with Crippen LogP contribution in [-0.4, -0.2) is 68.7 Å². The van der Waals surface area contributed by atoms with Gasteiger partial charge in [0, 0.05) is 0 Å². The van der Waals surface area contributed by atoms with Crippen molar-refractivity contribution in [3.8, 4) is 0 Å². The molecule has 1 saturated heterocycles. The first-order valence-corrected chi connectivity index (χ1v) is 13.3. The van der Waals surface area contributed by atoms with Gasteiger partial charge in [-0.25, -0.2) is 0 Å². The SMILES string of the molecule is CS(=O)(=O)OCC(=O)[AsH]c1cnc2ccc(N3CC(F)(F)C[C@@H]3c3cccc(F)c3)nn12. The average Bonchev–Trinajstić information content (AvgIpc) is 3.25. The number of alkyl halides is 2. The summed E-state index contributed by atoms with van der Waals surface area (Å²) in [7, 11) is -3.75. The third-order valence-corrected chi connectivity index (χ3v) is 7.50. The molecule has 0 saturated carbocycles. The second-order valence-corrected chi connectivity index (χ2v) is 11.8. The van der Waals surface area contributed by atoms with E-state index >= 15 is 0 Å². The number of hydrogen-bond donors (Lipinski definition) is 0. The van der Waals surface area contributed by atoms with E-state index in [2.05, 4.69) is 14.3 Å². The summed E-state index contributed by atoms with van der Waals surface area (Å²) in [6.45, 7) is -1.17. The van der Waals surface area contributed by atoms with E-state index in [1.54, 1.807) is 18.2 Å².